The lowest BCUT2D eigenvalue weighted by Gasteiger charge is -2.43. The standard InChI is InChI=1S/C26H30ClN5OS/c1-33-26-25(15-21(27)17-29-26)34-30-22-9-10-28-24(16-22)20-7-5-19(6-8-20)18-31-11-13-32(14-12-31)23-3-2-4-23/h5-10,15-17,23H,2-4,11-14,18H2,1H3,(H,28,30). The zero-order chi connectivity index (χ0) is 23.3. The summed E-state index contributed by atoms with van der Waals surface area (Å²) in [6.45, 7) is 5.76. The first kappa shape index (κ1) is 23.4. The summed E-state index contributed by atoms with van der Waals surface area (Å²) in [5.41, 5.74) is 4.34. The second kappa shape index (κ2) is 11.0. The Hall–Kier alpha value is -2.32. The fourth-order valence-corrected chi connectivity index (χ4v) is 5.46. The molecule has 0 atom stereocenters. The van der Waals surface area contributed by atoms with E-state index in [0.717, 1.165) is 47.5 Å². The number of nitrogens with one attached hydrogen (secondary N) is 1. The minimum Gasteiger partial charge on any atom is -0.480 e. The lowest BCUT2D eigenvalue weighted by Crippen LogP contribution is -2.51. The van der Waals surface area contributed by atoms with Crippen molar-refractivity contribution in [1.29, 1.82) is 0 Å². The van der Waals surface area contributed by atoms with Crippen LogP contribution in [0.1, 0.15) is 24.8 Å². The topological polar surface area (TPSA) is 53.5 Å². The molecule has 0 amide bonds. The van der Waals surface area contributed by atoms with Crippen LogP contribution in [0.2, 0.25) is 5.02 Å². The summed E-state index contributed by atoms with van der Waals surface area (Å²) in [5, 5.41) is 0.570. The van der Waals surface area contributed by atoms with Gasteiger partial charge in [-0.3, -0.25) is 14.8 Å². The van der Waals surface area contributed by atoms with Crippen molar-refractivity contribution in [1.82, 2.24) is 19.8 Å². The molecule has 2 aromatic heterocycles. The number of halogens is 1. The van der Waals surface area contributed by atoms with E-state index in [1.54, 1.807) is 13.3 Å². The molecule has 3 heterocycles. The van der Waals surface area contributed by atoms with E-state index in [1.165, 1.54) is 49.9 Å². The molecule has 1 aliphatic carbocycles. The third-order valence-corrected chi connectivity index (χ3v) is 7.73. The number of hydrogen-bond acceptors (Lipinski definition) is 7. The Bertz CT molecular complexity index is 1100. The van der Waals surface area contributed by atoms with E-state index < -0.39 is 0 Å². The van der Waals surface area contributed by atoms with E-state index in [9.17, 15) is 0 Å². The van der Waals surface area contributed by atoms with Crippen LogP contribution in [0.5, 0.6) is 5.88 Å². The van der Waals surface area contributed by atoms with E-state index in [1.807, 2.05) is 24.4 Å². The summed E-state index contributed by atoms with van der Waals surface area (Å²) in [7, 11) is 1.60. The molecule has 0 radical (unpaired) electrons. The van der Waals surface area contributed by atoms with Gasteiger partial charge in [0, 0.05) is 62.4 Å². The fourth-order valence-electron chi connectivity index (χ4n) is 4.48. The van der Waals surface area contributed by atoms with Crippen LogP contribution in [0.4, 0.5) is 5.69 Å². The maximum atomic E-state index is 6.09. The maximum absolute atomic E-state index is 6.09. The summed E-state index contributed by atoms with van der Waals surface area (Å²) in [6, 6.07) is 15.5. The molecule has 1 aromatic carbocycles. The summed E-state index contributed by atoms with van der Waals surface area (Å²) in [6.07, 6.45) is 7.61. The molecule has 0 unspecified atom stereocenters. The van der Waals surface area contributed by atoms with Crippen LogP contribution in [0.25, 0.3) is 11.3 Å². The quantitative estimate of drug-likeness (QED) is 0.408. The monoisotopic (exact) mass is 495 g/mol. The first-order valence-corrected chi connectivity index (χ1v) is 13.0. The number of benzene rings is 1. The Balaban J connectivity index is 1.18. The van der Waals surface area contributed by atoms with Gasteiger partial charge in [0.2, 0.25) is 5.88 Å². The van der Waals surface area contributed by atoms with Crippen molar-refractivity contribution in [3.8, 4) is 17.1 Å². The lowest BCUT2D eigenvalue weighted by molar-refractivity contribution is 0.0587. The highest BCUT2D eigenvalue weighted by Gasteiger charge is 2.27. The average Bonchev–Trinajstić information content (AvgIpc) is 2.84. The van der Waals surface area contributed by atoms with Crippen LogP contribution >= 0.6 is 23.5 Å². The van der Waals surface area contributed by atoms with Gasteiger partial charge in [0.25, 0.3) is 0 Å². The highest BCUT2D eigenvalue weighted by Crippen LogP contribution is 2.31. The van der Waals surface area contributed by atoms with Gasteiger partial charge >= 0.3 is 0 Å². The van der Waals surface area contributed by atoms with Gasteiger partial charge in [-0.15, -0.1) is 0 Å². The zero-order valence-corrected chi connectivity index (χ0v) is 21.0. The molecule has 5 rings (SSSR count). The fraction of sp³-hybridized carbons (Fsp3) is 0.385. The van der Waals surface area contributed by atoms with Gasteiger partial charge < -0.3 is 9.46 Å². The van der Waals surface area contributed by atoms with Crippen LogP contribution in [-0.4, -0.2) is 59.1 Å². The van der Waals surface area contributed by atoms with E-state index in [4.69, 9.17) is 16.3 Å². The van der Waals surface area contributed by atoms with Gasteiger partial charge in [0.05, 0.1) is 22.7 Å². The molecule has 0 spiro atoms. The summed E-state index contributed by atoms with van der Waals surface area (Å²) < 4.78 is 8.67. The number of pyridine rings is 2. The number of rotatable bonds is 8. The predicted molar refractivity (Wildman–Crippen MR) is 139 cm³/mol. The van der Waals surface area contributed by atoms with Crippen molar-refractivity contribution in [3.05, 3.63) is 65.4 Å². The largest absolute Gasteiger partial charge is 0.480 e. The van der Waals surface area contributed by atoms with Crippen LogP contribution in [-0.2, 0) is 6.54 Å². The molecule has 2 fully saturated rings. The van der Waals surface area contributed by atoms with Crippen LogP contribution < -0.4 is 9.46 Å². The Labute approximate surface area is 210 Å². The number of piperazine rings is 1. The lowest BCUT2D eigenvalue weighted by atomic mass is 9.91. The van der Waals surface area contributed by atoms with E-state index >= 15 is 0 Å². The molecule has 1 saturated carbocycles. The highest BCUT2D eigenvalue weighted by molar-refractivity contribution is 8.00. The van der Waals surface area contributed by atoms with Gasteiger partial charge in [0.1, 0.15) is 0 Å². The molecule has 2 aliphatic rings. The highest BCUT2D eigenvalue weighted by atomic mass is 35.5. The van der Waals surface area contributed by atoms with E-state index in [2.05, 4.69) is 48.8 Å². The summed E-state index contributed by atoms with van der Waals surface area (Å²) in [4.78, 5) is 14.9. The van der Waals surface area contributed by atoms with Crippen LogP contribution in [0, 0.1) is 0 Å². The molecule has 34 heavy (non-hydrogen) atoms. The molecule has 0 bridgehead atoms. The second-order valence-corrected chi connectivity index (χ2v) is 10.2. The number of nitrogens with zero attached hydrogens (tertiary/aromatic N) is 4. The normalized spacial score (nSPS) is 17.4. The van der Waals surface area contributed by atoms with Crippen molar-refractivity contribution in [2.24, 2.45) is 0 Å². The molecule has 3 aromatic rings. The van der Waals surface area contributed by atoms with Gasteiger partial charge in [-0.2, -0.15) is 0 Å². The Kier molecular flexibility index (Phi) is 7.54. The zero-order valence-electron chi connectivity index (χ0n) is 19.4. The molecule has 8 heteroatoms. The minimum atomic E-state index is 0.538. The van der Waals surface area contributed by atoms with Crippen molar-refractivity contribution >= 4 is 29.2 Å². The van der Waals surface area contributed by atoms with Crippen LogP contribution in [0.15, 0.2) is 59.8 Å². The summed E-state index contributed by atoms with van der Waals surface area (Å²) in [5.74, 6) is 0.538. The smallest absolute Gasteiger partial charge is 0.228 e. The number of methoxy groups -OCH3 is 1. The third-order valence-electron chi connectivity index (χ3n) is 6.67. The van der Waals surface area contributed by atoms with Crippen LogP contribution in [0.3, 0.4) is 0 Å². The van der Waals surface area contributed by atoms with Gasteiger partial charge in [-0.25, -0.2) is 4.98 Å². The number of aromatic nitrogens is 2. The number of ether oxygens (including phenoxy) is 1. The van der Waals surface area contributed by atoms with Gasteiger partial charge in [-0.05, 0) is 48.6 Å². The molecule has 1 aliphatic heterocycles. The van der Waals surface area contributed by atoms with Crippen molar-refractivity contribution < 1.29 is 4.74 Å². The van der Waals surface area contributed by atoms with E-state index in [-0.39, 0.29) is 0 Å². The molecular weight excluding hydrogens is 466 g/mol. The molecule has 178 valence electrons. The molecular formula is C26H30ClN5OS. The second-order valence-electron chi connectivity index (χ2n) is 8.89. The van der Waals surface area contributed by atoms with Gasteiger partial charge in [0.15, 0.2) is 0 Å². The Morgan fingerprint density at radius 1 is 1.06 bits per heavy atom. The minimum absolute atomic E-state index is 0.538. The SMILES string of the molecule is COc1ncc(Cl)cc1SNc1ccnc(-c2ccc(CN3CCN(C4CCC4)CC3)cc2)c1. The number of hydrogen-bond donors (Lipinski definition) is 1. The van der Waals surface area contributed by atoms with Gasteiger partial charge in [-0.1, -0.05) is 42.3 Å². The van der Waals surface area contributed by atoms with Crippen molar-refractivity contribution in [2.45, 2.75) is 36.7 Å². The maximum Gasteiger partial charge on any atom is 0.228 e. The Morgan fingerprint density at radius 2 is 1.85 bits per heavy atom. The predicted octanol–water partition coefficient (Wildman–Crippen LogP) is 5.59. The molecule has 1 N–H and O–H groups in total. The third kappa shape index (κ3) is 5.66. The summed E-state index contributed by atoms with van der Waals surface area (Å²) >= 11 is 7.50. The number of anilines is 1. The Morgan fingerprint density at radius 3 is 2.56 bits per heavy atom. The molecule has 6 nitrogen and oxygen atoms in total. The average molecular weight is 496 g/mol. The first-order chi connectivity index (χ1) is 16.7. The van der Waals surface area contributed by atoms with Crippen molar-refractivity contribution in [2.75, 3.05) is 38.0 Å². The first-order valence-electron chi connectivity index (χ1n) is 11.8. The van der Waals surface area contributed by atoms with E-state index in [0.29, 0.717) is 10.9 Å². The molecule has 1 saturated heterocycles. The van der Waals surface area contributed by atoms with Crippen molar-refractivity contribution in [3.63, 3.8) is 0 Å².